The Labute approximate surface area is 194 Å². The molecule has 32 heavy (non-hydrogen) atoms. The van der Waals surface area contributed by atoms with Crippen LogP contribution in [0.5, 0.6) is 11.5 Å². The number of carbonyl (C=O) groups excluding carboxylic acids is 3. The van der Waals surface area contributed by atoms with Crippen LogP contribution >= 0.6 is 23.2 Å². The first-order chi connectivity index (χ1) is 15.3. The highest BCUT2D eigenvalue weighted by atomic mass is 35.5. The SMILES string of the molecule is CCOc1cc(C=NNC(=O)CC(=O)Nc2ccc(Cl)c(Cl)c2)ccc1OCC(=O)OC. The van der Waals surface area contributed by atoms with Gasteiger partial charge in [0.05, 0.1) is 30.0 Å². The van der Waals surface area contributed by atoms with Crippen molar-refractivity contribution in [2.45, 2.75) is 13.3 Å². The highest BCUT2D eigenvalue weighted by Gasteiger charge is 2.11. The number of ether oxygens (including phenoxy) is 3. The summed E-state index contributed by atoms with van der Waals surface area (Å²) in [5.74, 6) is -0.919. The Kier molecular flexibility index (Phi) is 9.77. The average molecular weight is 482 g/mol. The summed E-state index contributed by atoms with van der Waals surface area (Å²) in [6.45, 7) is 1.92. The lowest BCUT2D eigenvalue weighted by molar-refractivity contribution is -0.143. The van der Waals surface area contributed by atoms with Gasteiger partial charge in [-0.25, -0.2) is 10.2 Å². The van der Waals surface area contributed by atoms with Crippen molar-refractivity contribution < 1.29 is 28.6 Å². The zero-order valence-corrected chi connectivity index (χ0v) is 18.8. The number of hydrogen-bond acceptors (Lipinski definition) is 7. The molecule has 0 aliphatic carbocycles. The number of rotatable bonds is 10. The molecule has 0 aliphatic rings. The molecule has 11 heteroatoms. The fourth-order valence-corrected chi connectivity index (χ4v) is 2.63. The maximum absolute atomic E-state index is 12.0. The molecule has 2 aromatic rings. The van der Waals surface area contributed by atoms with Crippen LogP contribution in [0.1, 0.15) is 18.9 Å². The van der Waals surface area contributed by atoms with Gasteiger partial charge in [0.15, 0.2) is 18.1 Å². The lowest BCUT2D eigenvalue weighted by Gasteiger charge is -2.11. The molecule has 2 amide bonds. The number of hydrazone groups is 1. The molecule has 170 valence electrons. The van der Waals surface area contributed by atoms with E-state index in [1.807, 2.05) is 0 Å². The zero-order valence-electron chi connectivity index (χ0n) is 17.3. The van der Waals surface area contributed by atoms with E-state index in [0.29, 0.717) is 34.4 Å². The van der Waals surface area contributed by atoms with E-state index >= 15 is 0 Å². The van der Waals surface area contributed by atoms with Crippen LogP contribution < -0.4 is 20.2 Å². The Balaban J connectivity index is 1.90. The molecule has 9 nitrogen and oxygen atoms in total. The molecule has 0 heterocycles. The highest BCUT2D eigenvalue weighted by Crippen LogP contribution is 2.28. The maximum Gasteiger partial charge on any atom is 0.343 e. The predicted octanol–water partition coefficient (Wildman–Crippen LogP) is 3.42. The van der Waals surface area contributed by atoms with E-state index in [0.717, 1.165) is 0 Å². The minimum Gasteiger partial charge on any atom is -0.490 e. The summed E-state index contributed by atoms with van der Waals surface area (Å²) in [5.41, 5.74) is 3.28. The molecule has 0 saturated heterocycles. The van der Waals surface area contributed by atoms with Gasteiger partial charge in [0.1, 0.15) is 6.42 Å². The smallest absolute Gasteiger partial charge is 0.343 e. The second kappa shape index (κ2) is 12.5. The minimum absolute atomic E-state index is 0.260. The van der Waals surface area contributed by atoms with Crippen LogP contribution in [0.2, 0.25) is 10.0 Å². The quantitative estimate of drug-likeness (QED) is 0.232. The number of carbonyl (C=O) groups is 3. The van der Waals surface area contributed by atoms with Gasteiger partial charge >= 0.3 is 5.97 Å². The van der Waals surface area contributed by atoms with E-state index in [-0.39, 0.29) is 11.6 Å². The highest BCUT2D eigenvalue weighted by molar-refractivity contribution is 6.42. The maximum atomic E-state index is 12.0. The van der Waals surface area contributed by atoms with Crippen LogP contribution in [0.3, 0.4) is 0 Å². The first kappa shape index (κ1) is 25.0. The molecule has 0 spiro atoms. The number of halogens is 2. The summed E-state index contributed by atoms with van der Waals surface area (Å²) in [4.78, 5) is 35.2. The lowest BCUT2D eigenvalue weighted by Crippen LogP contribution is -2.24. The molecule has 0 aromatic heterocycles. The second-order valence-corrected chi connectivity index (χ2v) is 6.97. The number of nitrogens with zero attached hydrogens (tertiary/aromatic N) is 1. The standard InChI is InChI=1S/C21H21Cl2N3O6/c1-3-31-18-8-13(4-7-17(18)32-12-21(29)30-2)11-24-26-20(28)10-19(27)25-14-5-6-15(22)16(23)9-14/h4-9,11H,3,10,12H2,1-2H3,(H,25,27)(H,26,28). The van der Waals surface area contributed by atoms with Crippen molar-refractivity contribution in [1.29, 1.82) is 0 Å². The summed E-state index contributed by atoms with van der Waals surface area (Å²) >= 11 is 11.7. The molecular formula is C21H21Cl2N3O6. The number of amides is 2. The van der Waals surface area contributed by atoms with E-state index < -0.39 is 24.2 Å². The number of nitrogens with one attached hydrogen (secondary N) is 2. The van der Waals surface area contributed by atoms with Crippen molar-refractivity contribution in [1.82, 2.24) is 5.43 Å². The van der Waals surface area contributed by atoms with Gasteiger partial charge < -0.3 is 19.5 Å². The zero-order chi connectivity index (χ0) is 23.5. The summed E-state index contributed by atoms with van der Waals surface area (Å²) in [7, 11) is 1.26. The van der Waals surface area contributed by atoms with Crippen LogP contribution in [-0.2, 0) is 19.1 Å². The van der Waals surface area contributed by atoms with E-state index in [4.69, 9.17) is 32.7 Å². The molecule has 0 bridgehead atoms. The molecule has 2 N–H and O–H groups in total. The van der Waals surface area contributed by atoms with Gasteiger partial charge in [-0.1, -0.05) is 23.2 Å². The van der Waals surface area contributed by atoms with E-state index in [2.05, 4.69) is 20.6 Å². The van der Waals surface area contributed by atoms with Crippen molar-refractivity contribution >= 4 is 52.9 Å². The van der Waals surface area contributed by atoms with Crippen molar-refractivity contribution in [2.24, 2.45) is 5.10 Å². The van der Waals surface area contributed by atoms with Gasteiger partial charge in [-0.3, -0.25) is 9.59 Å². The Morgan fingerprint density at radius 1 is 1.00 bits per heavy atom. The molecule has 0 saturated carbocycles. The number of benzene rings is 2. The largest absolute Gasteiger partial charge is 0.490 e. The van der Waals surface area contributed by atoms with E-state index in [9.17, 15) is 14.4 Å². The summed E-state index contributed by atoms with van der Waals surface area (Å²) in [6.07, 6.45) is 0.934. The van der Waals surface area contributed by atoms with Gasteiger partial charge in [0.25, 0.3) is 0 Å². The lowest BCUT2D eigenvalue weighted by atomic mass is 10.2. The monoisotopic (exact) mass is 481 g/mol. The molecule has 0 unspecified atom stereocenters. The normalized spacial score (nSPS) is 10.5. The first-order valence-corrected chi connectivity index (χ1v) is 10.1. The molecule has 0 aliphatic heterocycles. The third-order valence-electron chi connectivity index (χ3n) is 3.77. The summed E-state index contributed by atoms with van der Waals surface area (Å²) < 4.78 is 15.4. The number of anilines is 1. The van der Waals surface area contributed by atoms with Crippen molar-refractivity contribution in [2.75, 3.05) is 25.6 Å². The van der Waals surface area contributed by atoms with Gasteiger partial charge in [-0.2, -0.15) is 5.10 Å². The Bertz CT molecular complexity index is 1010. The second-order valence-electron chi connectivity index (χ2n) is 6.15. The van der Waals surface area contributed by atoms with Crippen LogP contribution in [0.25, 0.3) is 0 Å². The fourth-order valence-electron chi connectivity index (χ4n) is 2.33. The van der Waals surface area contributed by atoms with Crippen LogP contribution in [0.4, 0.5) is 5.69 Å². The number of methoxy groups -OCH3 is 1. The number of hydrogen-bond donors (Lipinski definition) is 2. The van der Waals surface area contributed by atoms with Gasteiger partial charge in [-0.15, -0.1) is 0 Å². The number of esters is 1. The third-order valence-corrected chi connectivity index (χ3v) is 4.51. The minimum atomic E-state index is -0.609. The molecular weight excluding hydrogens is 461 g/mol. The third kappa shape index (κ3) is 8.09. The molecule has 0 radical (unpaired) electrons. The molecule has 0 fully saturated rings. The topological polar surface area (TPSA) is 115 Å². The predicted molar refractivity (Wildman–Crippen MR) is 121 cm³/mol. The van der Waals surface area contributed by atoms with Gasteiger partial charge in [0.2, 0.25) is 11.8 Å². The first-order valence-electron chi connectivity index (χ1n) is 9.35. The van der Waals surface area contributed by atoms with Gasteiger partial charge in [-0.05, 0) is 48.9 Å². The molecule has 2 aromatic carbocycles. The van der Waals surface area contributed by atoms with Crippen LogP contribution in [0, 0.1) is 0 Å². The molecule has 2 rings (SSSR count). The van der Waals surface area contributed by atoms with Crippen LogP contribution in [-0.4, -0.2) is 44.3 Å². The fraction of sp³-hybridized carbons (Fsp3) is 0.238. The van der Waals surface area contributed by atoms with E-state index in [1.54, 1.807) is 31.2 Å². The van der Waals surface area contributed by atoms with Crippen molar-refractivity contribution in [3.05, 3.63) is 52.0 Å². The Morgan fingerprint density at radius 2 is 1.78 bits per heavy atom. The summed E-state index contributed by atoms with van der Waals surface area (Å²) in [6, 6.07) is 9.46. The van der Waals surface area contributed by atoms with Crippen molar-refractivity contribution in [3.63, 3.8) is 0 Å². The Hall–Kier alpha value is -3.30. The van der Waals surface area contributed by atoms with Crippen molar-refractivity contribution in [3.8, 4) is 11.5 Å². The summed E-state index contributed by atoms with van der Waals surface area (Å²) in [5, 5.41) is 7.01. The molecule has 0 atom stereocenters. The van der Waals surface area contributed by atoms with Gasteiger partial charge in [0, 0.05) is 5.69 Å². The average Bonchev–Trinajstić information content (AvgIpc) is 2.75. The van der Waals surface area contributed by atoms with Crippen LogP contribution in [0.15, 0.2) is 41.5 Å². The van der Waals surface area contributed by atoms with E-state index in [1.165, 1.54) is 25.5 Å². The Morgan fingerprint density at radius 3 is 2.47 bits per heavy atom.